The maximum atomic E-state index is 12.7. The maximum Gasteiger partial charge on any atom is 0.198 e. The standard InChI is InChI=1S/C17H14O2/c18-15-14-9-5-4-6-12(14)10-11-17(15)16(19-17)13-7-2-1-3-8-13/h1-9,16H,10-11H2/t16-,17-/m1/s1. The Hall–Kier alpha value is -1.93. The van der Waals surface area contributed by atoms with E-state index >= 15 is 0 Å². The molecule has 0 radical (unpaired) electrons. The van der Waals surface area contributed by atoms with Gasteiger partial charge >= 0.3 is 0 Å². The number of hydrogen-bond acceptors (Lipinski definition) is 2. The van der Waals surface area contributed by atoms with E-state index in [1.807, 2.05) is 54.6 Å². The summed E-state index contributed by atoms with van der Waals surface area (Å²) in [5, 5.41) is 0. The summed E-state index contributed by atoms with van der Waals surface area (Å²) in [5.41, 5.74) is 2.51. The Kier molecular flexibility index (Phi) is 2.18. The Morgan fingerprint density at radius 2 is 1.74 bits per heavy atom. The first kappa shape index (κ1) is 10.9. The Labute approximate surface area is 112 Å². The van der Waals surface area contributed by atoms with Crippen LogP contribution in [0.25, 0.3) is 0 Å². The third-order valence-corrected chi connectivity index (χ3v) is 4.21. The predicted octanol–water partition coefficient (Wildman–Crippen LogP) is 3.33. The van der Waals surface area contributed by atoms with Crippen LogP contribution in [0.15, 0.2) is 54.6 Å². The fraction of sp³-hybridized carbons (Fsp3) is 0.235. The first-order chi connectivity index (χ1) is 9.31. The van der Waals surface area contributed by atoms with Crippen molar-refractivity contribution < 1.29 is 9.53 Å². The highest BCUT2D eigenvalue weighted by Crippen LogP contribution is 2.56. The zero-order valence-electron chi connectivity index (χ0n) is 10.5. The molecule has 4 rings (SSSR count). The van der Waals surface area contributed by atoms with Crippen molar-refractivity contribution in [3.05, 3.63) is 71.3 Å². The molecule has 0 unspecified atom stereocenters. The number of hydrogen-bond donors (Lipinski definition) is 0. The number of carbonyl (C=O) groups excluding carboxylic acids is 1. The third-order valence-electron chi connectivity index (χ3n) is 4.21. The van der Waals surface area contributed by atoms with Gasteiger partial charge in [-0.2, -0.15) is 0 Å². The van der Waals surface area contributed by atoms with Crippen molar-refractivity contribution in [3.8, 4) is 0 Å². The summed E-state index contributed by atoms with van der Waals surface area (Å²) < 4.78 is 5.85. The number of rotatable bonds is 1. The van der Waals surface area contributed by atoms with Gasteiger partial charge in [0.1, 0.15) is 6.10 Å². The molecule has 1 aliphatic carbocycles. The van der Waals surface area contributed by atoms with Gasteiger partial charge in [-0.3, -0.25) is 4.79 Å². The Morgan fingerprint density at radius 1 is 1.00 bits per heavy atom. The van der Waals surface area contributed by atoms with Crippen molar-refractivity contribution in [1.29, 1.82) is 0 Å². The van der Waals surface area contributed by atoms with E-state index in [1.165, 1.54) is 0 Å². The number of ether oxygens (including phenoxy) is 1. The average molecular weight is 250 g/mol. The molecule has 0 N–H and O–H groups in total. The molecule has 2 aliphatic rings. The molecule has 2 atom stereocenters. The predicted molar refractivity (Wildman–Crippen MR) is 72.1 cm³/mol. The van der Waals surface area contributed by atoms with Crippen molar-refractivity contribution in [2.24, 2.45) is 0 Å². The molecule has 0 amide bonds. The zero-order chi connectivity index (χ0) is 12.9. The molecule has 0 bridgehead atoms. The molecule has 94 valence electrons. The van der Waals surface area contributed by atoms with Crippen LogP contribution in [0.4, 0.5) is 0 Å². The van der Waals surface area contributed by atoms with E-state index in [1.54, 1.807) is 0 Å². The van der Waals surface area contributed by atoms with Gasteiger partial charge in [0.25, 0.3) is 0 Å². The van der Waals surface area contributed by atoms with E-state index in [-0.39, 0.29) is 11.9 Å². The van der Waals surface area contributed by atoms with Crippen LogP contribution in [-0.2, 0) is 11.2 Å². The minimum Gasteiger partial charge on any atom is -0.352 e. The quantitative estimate of drug-likeness (QED) is 0.727. The van der Waals surface area contributed by atoms with Gasteiger partial charge in [0.15, 0.2) is 11.4 Å². The van der Waals surface area contributed by atoms with Crippen LogP contribution in [0.3, 0.4) is 0 Å². The lowest BCUT2D eigenvalue weighted by Crippen LogP contribution is -2.31. The minimum atomic E-state index is -0.588. The Bertz CT molecular complexity index is 647. The number of Topliss-reactive ketones (excluding diaryl/α,β-unsaturated/α-hetero) is 1. The fourth-order valence-corrected chi connectivity index (χ4v) is 3.13. The molecule has 1 aliphatic heterocycles. The molecule has 2 aromatic carbocycles. The maximum absolute atomic E-state index is 12.7. The van der Waals surface area contributed by atoms with Crippen LogP contribution in [0.5, 0.6) is 0 Å². The number of benzene rings is 2. The second-order valence-corrected chi connectivity index (χ2v) is 5.28. The van der Waals surface area contributed by atoms with Crippen molar-refractivity contribution in [1.82, 2.24) is 0 Å². The van der Waals surface area contributed by atoms with Gasteiger partial charge in [0.05, 0.1) is 0 Å². The molecule has 19 heavy (non-hydrogen) atoms. The van der Waals surface area contributed by atoms with E-state index in [0.717, 1.165) is 29.5 Å². The van der Waals surface area contributed by atoms with Crippen LogP contribution in [0.2, 0.25) is 0 Å². The topological polar surface area (TPSA) is 29.6 Å². The largest absolute Gasteiger partial charge is 0.352 e. The van der Waals surface area contributed by atoms with E-state index in [4.69, 9.17) is 4.74 Å². The summed E-state index contributed by atoms with van der Waals surface area (Å²) in [6.07, 6.45) is 1.66. The fourth-order valence-electron chi connectivity index (χ4n) is 3.13. The minimum absolute atomic E-state index is 0.0606. The molecule has 1 saturated heterocycles. The molecular weight excluding hydrogens is 236 g/mol. The number of epoxide rings is 1. The normalized spacial score (nSPS) is 28.2. The lowest BCUT2D eigenvalue weighted by Gasteiger charge is -2.20. The first-order valence-corrected chi connectivity index (χ1v) is 6.67. The molecular formula is C17H14O2. The van der Waals surface area contributed by atoms with Crippen molar-refractivity contribution in [2.75, 3.05) is 0 Å². The summed E-state index contributed by atoms with van der Waals surface area (Å²) in [6.45, 7) is 0. The molecule has 1 heterocycles. The number of carbonyl (C=O) groups is 1. The van der Waals surface area contributed by atoms with Gasteiger partial charge in [-0.05, 0) is 24.0 Å². The summed E-state index contributed by atoms with van der Waals surface area (Å²) >= 11 is 0. The van der Waals surface area contributed by atoms with Gasteiger partial charge in [-0.1, -0.05) is 54.6 Å². The van der Waals surface area contributed by atoms with Gasteiger partial charge in [-0.25, -0.2) is 0 Å². The summed E-state index contributed by atoms with van der Waals surface area (Å²) in [6, 6.07) is 17.9. The van der Waals surface area contributed by atoms with Gasteiger partial charge in [-0.15, -0.1) is 0 Å². The molecule has 0 aromatic heterocycles. The Morgan fingerprint density at radius 3 is 2.58 bits per heavy atom. The average Bonchev–Trinajstić information content (AvgIpc) is 3.20. The lowest BCUT2D eigenvalue weighted by atomic mass is 9.79. The second-order valence-electron chi connectivity index (χ2n) is 5.28. The van der Waals surface area contributed by atoms with Gasteiger partial charge < -0.3 is 4.74 Å². The molecule has 2 aromatic rings. The van der Waals surface area contributed by atoms with Crippen LogP contribution >= 0.6 is 0 Å². The first-order valence-electron chi connectivity index (χ1n) is 6.67. The van der Waals surface area contributed by atoms with E-state index in [0.29, 0.717) is 0 Å². The molecule has 0 saturated carbocycles. The SMILES string of the molecule is O=C1c2ccccc2CC[C@@]12O[C@@H]2c1ccccc1. The summed E-state index contributed by atoms with van der Waals surface area (Å²) in [7, 11) is 0. The number of aryl methyl sites for hydroxylation is 1. The smallest absolute Gasteiger partial charge is 0.198 e. The third kappa shape index (κ3) is 1.50. The second kappa shape index (κ2) is 3.78. The van der Waals surface area contributed by atoms with Crippen molar-refractivity contribution >= 4 is 5.78 Å². The van der Waals surface area contributed by atoms with Gasteiger partial charge in [0.2, 0.25) is 0 Å². The van der Waals surface area contributed by atoms with Crippen LogP contribution < -0.4 is 0 Å². The molecule has 2 nitrogen and oxygen atoms in total. The van der Waals surface area contributed by atoms with Crippen molar-refractivity contribution in [2.45, 2.75) is 24.5 Å². The highest BCUT2D eigenvalue weighted by atomic mass is 16.6. The lowest BCUT2D eigenvalue weighted by molar-refractivity contribution is 0.0850. The number of ketones is 1. The monoisotopic (exact) mass is 250 g/mol. The van der Waals surface area contributed by atoms with Crippen LogP contribution in [0.1, 0.15) is 34.0 Å². The van der Waals surface area contributed by atoms with Crippen molar-refractivity contribution in [3.63, 3.8) is 0 Å². The van der Waals surface area contributed by atoms with Crippen LogP contribution in [-0.4, -0.2) is 11.4 Å². The molecule has 1 fully saturated rings. The summed E-state index contributed by atoms with van der Waals surface area (Å²) in [4.78, 5) is 12.7. The van der Waals surface area contributed by atoms with E-state index < -0.39 is 5.60 Å². The Balaban J connectivity index is 1.71. The number of fused-ring (bicyclic) bond motifs is 1. The zero-order valence-corrected chi connectivity index (χ0v) is 10.5. The van der Waals surface area contributed by atoms with Crippen LogP contribution in [0, 0.1) is 0 Å². The highest BCUT2D eigenvalue weighted by molar-refractivity contribution is 6.07. The summed E-state index contributed by atoms with van der Waals surface area (Å²) in [5.74, 6) is 0.156. The van der Waals surface area contributed by atoms with E-state index in [2.05, 4.69) is 0 Å². The highest BCUT2D eigenvalue weighted by Gasteiger charge is 2.63. The molecule has 2 heteroatoms. The molecule has 1 spiro atoms. The van der Waals surface area contributed by atoms with Gasteiger partial charge in [0, 0.05) is 5.56 Å². The van der Waals surface area contributed by atoms with E-state index in [9.17, 15) is 4.79 Å².